The van der Waals surface area contributed by atoms with Crippen molar-refractivity contribution in [2.45, 2.75) is 18.4 Å². The van der Waals surface area contributed by atoms with Gasteiger partial charge in [0.15, 0.2) is 0 Å². The number of hydrogen-bond donors (Lipinski definition) is 2. The third-order valence-corrected chi connectivity index (χ3v) is 3.81. The van der Waals surface area contributed by atoms with Crippen LogP contribution in [0.4, 0.5) is 0 Å². The highest BCUT2D eigenvalue weighted by Crippen LogP contribution is 2.32. The minimum Gasteiger partial charge on any atom is -0.394 e. The van der Waals surface area contributed by atoms with Crippen LogP contribution in [0, 0.1) is 0 Å². The smallest absolute Gasteiger partial charge is 0.0624 e. The fourth-order valence-electron chi connectivity index (χ4n) is 2.40. The molecule has 0 spiro atoms. The van der Waals surface area contributed by atoms with Gasteiger partial charge >= 0.3 is 0 Å². The average molecular weight is 255 g/mol. The van der Waals surface area contributed by atoms with Crippen LogP contribution in [0.15, 0.2) is 18.2 Å². The summed E-state index contributed by atoms with van der Waals surface area (Å²) in [5.74, 6) is 0.520. The molecular weight excluding hydrogens is 236 g/mol. The van der Waals surface area contributed by atoms with Gasteiger partial charge in [0, 0.05) is 11.6 Å². The standard InChI is InChI=1S/C13H19ClN2O/c1-16-5-4-10(7-16)11-3-2-9(6-12(11)14)13(15)8-17/h2-3,6,10,13,17H,4-5,7-8,15H2,1H3. The predicted octanol–water partition coefficient (Wildman–Crippen LogP) is 1.75. The lowest BCUT2D eigenvalue weighted by Crippen LogP contribution is -2.15. The van der Waals surface area contributed by atoms with Gasteiger partial charge in [-0.2, -0.15) is 0 Å². The zero-order chi connectivity index (χ0) is 12.4. The molecule has 4 heteroatoms. The number of halogens is 1. The minimum absolute atomic E-state index is 0.0537. The van der Waals surface area contributed by atoms with Crippen molar-refractivity contribution in [2.24, 2.45) is 5.73 Å². The van der Waals surface area contributed by atoms with Gasteiger partial charge in [-0.15, -0.1) is 0 Å². The molecule has 1 aromatic carbocycles. The third kappa shape index (κ3) is 2.80. The van der Waals surface area contributed by atoms with Crippen molar-refractivity contribution in [3.05, 3.63) is 34.3 Å². The summed E-state index contributed by atoms with van der Waals surface area (Å²) in [5.41, 5.74) is 7.87. The van der Waals surface area contributed by atoms with Crippen molar-refractivity contribution >= 4 is 11.6 Å². The highest BCUT2D eigenvalue weighted by atomic mass is 35.5. The van der Waals surface area contributed by atoms with Crippen LogP contribution in [0.1, 0.15) is 29.5 Å². The summed E-state index contributed by atoms with van der Waals surface area (Å²) in [5, 5.41) is 9.79. The van der Waals surface area contributed by atoms with Gasteiger partial charge in [-0.25, -0.2) is 0 Å². The van der Waals surface area contributed by atoms with E-state index in [1.807, 2.05) is 12.1 Å². The van der Waals surface area contributed by atoms with Gasteiger partial charge in [0.25, 0.3) is 0 Å². The van der Waals surface area contributed by atoms with E-state index in [0.717, 1.165) is 30.1 Å². The van der Waals surface area contributed by atoms with Gasteiger partial charge in [-0.1, -0.05) is 23.7 Å². The summed E-state index contributed by atoms with van der Waals surface area (Å²) in [4.78, 5) is 2.31. The van der Waals surface area contributed by atoms with Crippen molar-refractivity contribution in [3.63, 3.8) is 0 Å². The predicted molar refractivity (Wildman–Crippen MR) is 70.3 cm³/mol. The lowest BCUT2D eigenvalue weighted by molar-refractivity contribution is 0.268. The van der Waals surface area contributed by atoms with Crippen LogP contribution in [0.5, 0.6) is 0 Å². The maximum atomic E-state index is 9.02. The van der Waals surface area contributed by atoms with Crippen LogP contribution in [-0.4, -0.2) is 36.8 Å². The Balaban J connectivity index is 2.20. The van der Waals surface area contributed by atoms with Crippen LogP contribution in [-0.2, 0) is 0 Å². The van der Waals surface area contributed by atoms with Crippen LogP contribution < -0.4 is 5.73 Å². The van der Waals surface area contributed by atoms with Gasteiger partial charge in [0.1, 0.15) is 0 Å². The molecular formula is C13H19ClN2O. The first kappa shape index (κ1) is 12.8. The number of likely N-dealkylation sites (tertiary alicyclic amines) is 1. The van der Waals surface area contributed by atoms with Crippen molar-refractivity contribution in [1.82, 2.24) is 4.90 Å². The first-order valence-corrected chi connectivity index (χ1v) is 6.34. The summed E-state index contributed by atoms with van der Waals surface area (Å²) in [6.45, 7) is 2.13. The van der Waals surface area contributed by atoms with Crippen molar-refractivity contribution in [1.29, 1.82) is 0 Å². The molecule has 2 rings (SSSR count). The van der Waals surface area contributed by atoms with Crippen molar-refractivity contribution in [2.75, 3.05) is 26.7 Å². The number of aliphatic hydroxyl groups is 1. The van der Waals surface area contributed by atoms with Gasteiger partial charge in [0.05, 0.1) is 12.6 Å². The Morgan fingerprint density at radius 3 is 2.88 bits per heavy atom. The molecule has 1 fully saturated rings. The topological polar surface area (TPSA) is 49.5 Å². The first-order valence-electron chi connectivity index (χ1n) is 5.96. The van der Waals surface area contributed by atoms with Crippen LogP contribution in [0.3, 0.4) is 0 Å². The minimum atomic E-state index is -0.340. The summed E-state index contributed by atoms with van der Waals surface area (Å²) >= 11 is 6.30. The Labute approximate surface area is 107 Å². The lowest BCUT2D eigenvalue weighted by Gasteiger charge is -2.15. The molecule has 1 aliphatic rings. The molecule has 1 saturated heterocycles. The normalized spacial score (nSPS) is 22.9. The second-order valence-corrected chi connectivity index (χ2v) is 5.23. The van der Waals surface area contributed by atoms with E-state index in [4.69, 9.17) is 22.4 Å². The summed E-state index contributed by atoms with van der Waals surface area (Å²) in [6, 6.07) is 5.57. The number of hydrogen-bond acceptors (Lipinski definition) is 3. The molecule has 3 nitrogen and oxygen atoms in total. The second-order valence-electron chi connectivity index (χ2n) is 4.82. The molecule has 0 aromatic heterocycles. The Morgan fingerprint density at radius 1 is 1.59 bits per heavy atom. The fraction of sp³-hybridized carbons (Fsp3) is 0.538. The SMILES string of the molecule is CN1CCC(c2ccc(C(N)CO)cc2Cl)C1. The first-order chi connectivity index (χ1) is 8.11. The largest absolute Gasteiger partial charge is 0.394 e. The molecule has 2 unspecified atom stereocenters. The Morgan fingerprint density at radius 2 is 2.35 bits per heavy atom. The number of nitrogens with zero attached hydrogens (tertiary/aromatic N) is 1. The van der Waals surface area contributed by atoms with E-state index in [-0.39, 0.29) is 12.6 Å². The highest BCUT2D eigenvalue weighted by Gasteiger charge is 2.23. The molecule has 1 aromatic rings. The molecule has 1 heterocycles. The van der Waals surface area contributed by atoms with Crippen molar-refractivity contribution in [3.8, 4) is 0 Å². The lowest BCUT2D eigenvalue weighted by atomic mass is 9.96. The zero-order valence-electron chi connectivity index (χ0n) is 10.1. The van der Waals surface area contributed by atoms with Crippen LogP contribution in [0.2, 0.25) is 5.02 Å². The molecule has 17 heavy (non-hydrogen) atoms. The average Bonchev–Trinajstić information content (AvgIpc) is 2.74. The molecule has 0 aliphatic carbocycles. The maximum Gasteiger partial charge on any atom is 0.0624 e. The molecule has 0 radical (unpaired) electrons. The quantitative estimate of drug-likeness (QED) is 0.864. The molecule has 1 aliphatic heterocycles. The molecule has 3 N–H and O–H groups in total. The van der Waals surface area contributed by atoms with Crippen molar-refractivity contribution < 1.29 is 5.11 Å². The molecule has 0 amide bonds. The molecule has 94 valence electrons. The van der Waals surface area contributed by atoms with Crippen LogP contribution in [0.25, 0.3) is 0 Å². The Bertz CT molecular complexity index is 397. The monoisotopic (exact) mass is 254 g/mol. The van der Waals surface area contributed by atoms with E-state index in [1.165, 1.54) is 5.56 Å². The van der Waals surface area contributed by atoms with Gasteiger partial charge in [0.2, 0.25) is 0 Å². The summed E-state index contributed by atoms with van der Waals surface area (Å²) in [7, 11) is 2.13. The van der Waals surface area contributed by atoms with E-state index in [2.05, 4.69) is 18.0 Å². The fourth-order valence-corrected chi connectivity index (χ4v) is 2.74. The third-order valence-electron chi connectivity index (χ3n) is 3.48. The number of likely N-dealkylation sites (N-methyl/N-ethyl adjacent to an activating group) is 1. The van der Waals surface area contributed by atoms with Crippen LogP contribution >= 0.6 is 11.6 Å². The van der Waals surface area contributed by atoms with E-state index in [0.29, 0.717) is 5.92 Å². The Kier molecular flexibility index (Phi) is 4.05. The number of benzene rings is 1. The molecule has 0 bridgehead atoms. The summed E-state index contributed by atoms with van der Waals surface area (Å²) < 4.78 is 0. The van der Waals surface area contributed by atoms with E-state index >= 15 is 0 Å². The number of nitrogens with two attached hydrogens (primary N) is 1. The van der Waals surface area contributed by atoms with E-state index in [9.17, 15) is 0 Å². The van der Waals surface area contributed by atoms with E-state index < -0.39 is 0 Å². The molecule has 2 atom stereocenters. The van der Waals surface area contributed by atoms with E-state index in [1.54, 1.807) is 0 Å². The van der Waals surface area contributed by atoms with Gasteiger partial charge in [-0.3, -0.25) is 0 Å². The number of rotatable bonds is 3. The maximum absolute atomic E-state index is 9.02. The highest BCUT2D eigenvalue weighted by molar-refractivity contribution is 6.31. The summed E-state index contributed by atoms with van der Waals surface area (Å²) in [6.07, 6.45) is 1.15. The Hall–Kier alpha value is -0.610. The number of aliphatic hydroxyl groups excluding tert-OH is 1. The zero-order valence-corrected chi connectivity index (χ0v) is 10.8. The molecule has 0 saturated carbocycles. The second kappa shape index (κ2) is 5.36. The van der Waals surface area contributed by atoms with Gasteiger partial charge < -0.3 is 15.7 Å². The van der Waals surface area contributed by atoms with Gasteiger partial charge in [-0.05, 0) is 43.1 Å².